The fourth-order valence-corrected chi connectivity index (χ4v) is 4.72. The zero-order valence-corrected chi connectivity index (χ0v) is 16.8. The van der Waals surface area contributed by atoms with Crippen LogP contribution in [0.25, 0.3) is 0 Å². The minimum atomic E-state index is 1.18. The van der Waals surface area contributed by atoms with E-state index in [1.165, 1.54) is 90.4 Å². The molecule has 1 aliphatic rings. The summed E-state index contributed by atoms with van der Waals surface area (Å²) in [6.07, 6.45) is 13.1. The van der Waals surface area contributed by atoms with Crippen LogP contribution in [0, 0.1) is 0 Å². The number of hydrogen-bond acceptors (Lipinski definition) is 1. The second kappa shape index (κ2) is 10.3. The molecule has 0 radical (unpaired) electrons. The van der Waals surface area contributed by atoms with E-state index >= 15 is 0 Å². The molecular formula is C22H40N2. The van der Waals surface area contributed by atoms with E-state index in [1.54, 1.807) is 22.5 Å². The maximum Gasteiger partial charge on any atom is 0.0225 e. The Labute approximate surface area is 150 Å². The van der Waals surface area contributed by atoms with E-state index in [-0.39, 0.29) is 0 Å². The molecule has 1 aliphatic heterocycles. The van der Waals surface area contributed by atoms with Crippen molar-refractivity contribution in [1.82, 2.24) is 9.47 Å². The van der Waals surface area contributed by atoms with Crippen LogP contribution in [0.15, 0.2) is 0 Å². The summed E-state index contributed by atoms with van der Waals surface area (Å²) in [6.45, 7) is 14.6. The van der Waals surface area contributed by atoms with Gasteiger partial charge in [-0.05, 0) is 82.1 Å². The van der Waals surface area contributed by atoms with Gasteiger partial charge in [-0.2, -0.15) is 0 Å². The van der Waals surface area contributed by atoms with Crippen LogP contribution in [0.5, 0.6) is 0 Å². The molecule has 1 aromatic heterocycles. The molecule has 2 rings (SSSR count). The summed E-state index contributed by atoms with van der Waals surface area (Å²) in [7, 11) is 0. The minimum Gasteiger partial charge on any atom is -0.348 e. The number of piperidine rings is 1. The van der Waals surface area contributed by atoms with Gasteiger partial charge in [0.15, 0.2) is 0 Å². The molecule has 2 heteroatoms. The van der Waals surface area contributed by atoms with E-state index in [2.05, 4.69) is 37.2 Å². The Morgan fingerprint density at radius 2 is 1.17 bits per heavy atom. The summed E-state index contributed by atoms with van der Waals surface area (Å²) >= 11 is 0. The lowest BCUT2D eigenvalue weighted by molar-refractivity contribution is 0.224. The Hall–Kier alpha value is -0.760. The summed E-state index contributed by atoms with van der Waals surface area (Å²) in [6, 6.07) is 0. The lowest BCUT2D eigenvalue weighted by Crippen LogP contribution is -2.30. The van der Waals surface area contributed by atoms with E-state index in [0.717, 1.165) is 0 Å². The van der Waals surface area contributed by atoms with E-state index < -0.39 is 0 Å². The molecule has 0 bridgehead atoms. The van der Waals surface area contributed by atoms with Crippen molar-refractivity contribution in [3.8, 4) is 0 Å². The number of nitrogens with zero attached hydrogens (tertiary/aromatic N) is 2. The molecule has 138 valence electrons. The van der Waals surface area contributed by atoms with Gasteiger partial charge in [-0.25, -0.2) is 0 Å². The van der Waals surface area contributed by atoms with Crippen molar-refractivity contribution < 1.29 is 0 Å². The Morgan fingerprint density at radius 1 is 0.625 bits per heavy atom. The molecule has 0 aromatic carbocycles. The van der Waals surface area contributed by atoms with Gasteiger partial charge in [-0.15, -0.1) is 0 Å². The van der Waals surface area contributed by atoms with Gasteiger partial charge >= 0.3 is 0 Å². The van der Waals surface area contributed by atoms with Gasteiger partial charge in [-0.3, -0.25) is 0 Å². The summed E-state index contributed by atoms with van der Waals surface area (Å²) < 4.78 is 2.69. The van der Waals surface area contributed by atoms with Crippen molar-refractivity contribution in [2.45, 2.75) is 98.4 Å². The number of aromatic nitrogens is 1. The lowest BCUT2D eigenvalue weighted by Gasteiger charge is -2.26. The quantitative estimate of drug-likeness (QED) is 0.521. The largest absolute Gasteiger partial charge is 0.348 e. The molecule has 0 atom stereocenters. The second-order valence-corrected chi connectivity index (χ2v) is 7.38. The first-order chi connectivity index (χ1) is 11.8. The van der Waals surface area contributed by atoms with Gasteiger partial charge < -0.3 is 9.47 Å². The molecule has 0 amide bonds. The summed E-state index contributed by atoms with van der Waals surface area (Å²) in [4.78, 5) is 2.68. The normalized spacial score (nSPS) is 16.0. The zero-order valence-electron chi connectivity index (χ0n) is 16.8. The van der Waals surface area contributed by atoms with E-state index in [1.807, 2.05) is 0 Å². The van der Waals surface area contributed by atoms with Gasteiger partial charge in [0, 0.05) is 17.9 Å². The van der Waals surface area contributed by atoms with Gasteiger partial charge in [0.25, 0.3) is 0 Å². The van der Waals surface area contributed by atoms with Crippen molar-refractivity contribution in [2.24, 2.45) is 0 Å². The standard InChI is InChI=1S/C22H40N2/c1-5-19-20(6-2)22(8-4)24(21(19)7-3)18-14-10-13-17-23-15-11-9-12-16-23/h5-18H2,1-4H3. The molecule has 1 aromatic rings. The molecule has 1 saturated heterocycles. The molecule has 0 aliphatic carbocycles. The minimum absolute atomic E-state index is 1.18. The molecule has 1 fully saturated rings. The molecule has 0 N–H and O–H groups in total. The van der Waals surface area contributed by atoms with Crippen LogP contribution in [-0.2, 0) is 32.2 Å². The number of hydrogen-bond donors (Lipinski definition) is 0. The Kier molecular flexibility index (Phi) is 8.38. The number of rotatable bonds is 10. The molecule has 0 spiro atoms. The summed E-state index contributed by atoms with van der Waals surface area (Å²) in [5, 5.41) is 0. The third-order valence-electron chi connectivity index (χ3n) is 5.89. The van der Waals surface area contributed by atoms with Crippen molar-refractivity contribution in [2.75, 3.05) is 19.6 Å². The molecule has 2 heterocycles. The predicted molar refractivity (Wildman–Crippen MR) is 106 cm³/mol. The first-order valence-electron chi connectivity index (χ1n) is 10.7. The SMILES string of the molecule is CCc1c(CC)c(CC)n(CCCCCN2CCCCC2)c1CC. The smallest absolute Gasteiger partial charge is 0.0225 e. The van der Waals surface area contributed by atoms with Crippen molar-refractivity contribution in [3.05, 3.63) is 22.5 Å². The van der Waals surface area contributed by atoms with Crippen LogP contribution < -0.4 is 0 Å². The fraction of sp³-hybridized carbons (Fsp3) is 0.818. The number of unbranched alkanes of at least 4 members (excludes halogenated alkanes) is 2. The fourth-order valence-electron chi connectivity index (χ4n) is 4.72. The Balaban J connectivity index is 1.90. The number of likely N-dealkylation sites (tertiary alicyclic amines) is 1. The highest BCUT2D eigenvalue weighted by atomic mass is 15.1. The molecule has 0 unspecified atom stereocenters. The highest BCUT2D eigenvalue weighted by molar-refractivity contribution is 5.39. The van der Waals surface area contributed by atoms with Crippen molar-refractivity contribution >= 4 is 0 Å². The molecule has 2 nitrogen and oxygen atoms in total. The Morgan fingerprint density at radius 3 is 1.67 bits per heavy atom. The van der Waals surface area contributed by atoms with Crippen LogP contribution in [0.1, 0.15) is 88.7 Å². The van der Waals surface area contributed by atoms with Crippen molar-refractivity contribution in [1.29, 1.82) is 0 Å². The van der Waals surface area contributed by atoms with Crippen LogP contribution in [0.2, 0.25) is 0 Å². The van der Waals surface area contributed by atoms with Gasteiger partial charge in [0.2, 0.25) is 0 Å². The predicted octanol–water partition coefficient (Wildman–Crippen LogP) is 5.39. The third kappa shape index (κ3) is 4.65. The van der Waals surface area contributed by atoms with Crippen molar-refractivity contribution in [3.63, 3.8) is 0 Å². The highest BCUT2D eigenvalue weighted by Crippen LogP contribution is 2.26. The highest BCUT2D eigenvalue weighted by Gasteiger charge is 2.18. The van der Waals surface area contributed by atoms with Crippen LogP contribution in [-0.4, -0.2) is 29.1 Å². The maximum absolute atomic E-state index is 2.69. The monoisotopic (exact) mass is 332 g/mol. The topological polar surface area (TPSA) is 8.17 Å². The molecule has 0 saturated carbocycles. The first-order valence-corrected chi connectivity index (χ1v) is 10.7. The zero-order chi connectivity index (χ0) is 17.4. The summed E-state index contributed by atoms with van der Waals surface area (Å²) in [5.41, 5.74) is 6.57. The Bertz CT molecular complexity index is 451. The average Bonchev–Trinajstić information content (AvgIpc) is 2.93. The van der Waals surface area contributed by atoms with E-state index in [4.69, 9.17) is 0 Å². The van der Waals surface area contributed by atoms with Gasteiger partial charge in [-0.1, -0.05) is 40.5 Å². The second-order valence-electron chi connectivity index (χ2n) is 7.38. The first kappa shape index (κ1) is 19.6. The van der Waals surface area contributed by atoms with Gasteiger partial charge in [0.05, 0.1) is 0 Å². The van der Waals surface area contributed by atoms with Gasteiger partial charge in [0.1, 0.15) is 0 Å². The molecular weight excluding hydrogens is 292 g/mol. The summed E-state index contributed by atoms with van der Waals surface area (Å²) in [5.74, 6) is 0. The van der Waals surface area contributed by atoms with E-state index in [0.29, 0.717) is 0 Å². The van der Waals surface area contributed by atoms with E-state index in [9.17, 15) is 0 Å². The van der Waals surface area contributed by atoms with Crippen LogP contribution in [0.3, 0.4) is 0 Å². The maximum atomic E-state index is 2.69. The van der Waals surface area contributed by atoms with Crippen LogP contribution >= 0.6 is 0 Å². The molecule has 24 heavy (non-hydrogen) atoms. The average molecular weight is 333 g/mol. The lowest BCUT2D eigenvalue weighted by atomic mass is 10.0. The third-order valence-corrected chi connectivity index (χ3v) is 5.89. The van der Waals surface area contributed by atoms with Crippen LogP contribution in [0.4, 0.5) is 0 Å².